The van der Waals surface area contributed by atoms with Crippen LogP contribution in [0.1, 0.15) is 5.56 Å². The number of hydrogen-bond acceptors (Lipinski definition) is 2. The fourth-order valence-corrected chi connectivity index (χ4v) is 2.05. The van der Waals surface area contributed by atoms with Gasteiger partial charge in [0.1, 0.15) is 18.0 Å². The summed E-state index contributed by atoms with van der Waals surface area (Å²) >= 11 is 6.09. The Morgan fingerprint density at radius 1 is 1.12 bits per heavy atom. The molecule has 1 aliphatic rings. The zero-order chi connectivity index (χ0) is 12.3. The second-order valence-corrected chi connectivity index (χ2v) is 4.43. The van der Waals surface area contributed by atoms with E-state index in [2.05, 4.69) is 0 Å². The molecule has 0 heterocycles. The minimum Gasteiger partial charge on any atom is -0.302 e. The summed E-state index contributed by atoms with van der Waals surface area (Å²) in [6.45, 7) is 0. The topological polar surface area (TPSA) is 34.1 Å². The van der Waals surface area contributed by atoms with E-state index in [1.54, 1.807) is 18.2 Å². The molecule has 3 heteroatoms. The van der Waals surface area contributed by atoms with Gasteiger partial charge in [-0.1, -0.05) is 48.6 Å². The van der Waals surface area contributed by atoms with Crippen LogP contribution in [0.15, 0.2) is 48.6 Å². The van der Waals surface area contributed by atoms with Crippen molar-refractivity contribution in [2.45, 2.75) is 5.38 Å². The van der Waals surface area contributed by atoms with Gasteiger partial charge in [-0.3, -0.25) is 0 Å². The molecule has 1 atom stereocenters. The number of aldehydes is 2. The van der Waals surface area contributed by atoms with Gasteiger partial charge in [0.05, 0.1) is 5.38 Å². The molecule has 1 unspecified atom stereocenters. The maximum atomic E-state index is 11.0. The fourth-order valence-electron chi connectivity index (χ4n) is 1.74. The van der Waals surface area contributed by atoms with E-state index in [1.807, 2.05) is 30.3 Å². The molecule has 0 aromatic heterocycles. The van der Waals surface area contributed by atoms with Crippen LogP contribution in [0.25, 0.3) is 5.57 Å². The Bertz CT molecular complexity index is 480. The highest BCUT2D eigenvalue weighted by molar-refractivity contribution is 6.26. The molecule has 0 saturated heterocycles. The summed E-state index contributed by atoms with van der Waals surface area (Å²) in [6, 6.07) is 9.68. The van der Waals surface area contributed by atoms with Crippen LogP contribution >= 0.6 is 11.6 Å². The van der Waals surface area contributed by atoms with Crippen molar-refractivity contribution in [2.75, 3.05) is 0 Å². The van der Waals surface area contributed by atoms with Crippen molar-refractivity contribution in [3.05, 3.63) is 54.1 Å². The molecule has 1 aromatic rings. The van der Waals surface area contributed by atoms with E-state index in [9.17, 15) is 9.59 Å². The van der Waals surface area contributed by atoms with Crippen molar-refractivity contribution in [1.82, 2.24) is 0 Å². The molecule has 0 saturated carbocycles. The number of allylic oxidation sites excluding steroid dienone is 4. The van der Waals surface area contributed by atoms with E-state index >= 15 is 0 Å². The lowest BCUT2D eigenvalue weighted by Gasteiger charge is -2.25. The van der Waals surface area contributed by atoms with E-state index < -0.39 is 10.8 Å². The summed E-state index contributed by atoms with van der Waals surface area (Å²) in [5.74, 6) is 0. The first kappa shape index (κ1) is 11.8. The molecule has 2 nitrogen and oxygen atoms in total. The molecular formula is C14H11ClO2. The molecule has 0 radical (unpaired) electrons. The zero-order valence-electron chi connectivity index (χ0n) is 9.05. The standard InChI is InChI=1S/C14H11ClO2/c15-13-8-12(11-4-2-1-3-5-11)6-7-14(13,9-16)10-17/h1-10,13H. The monoisotopic (exact) mass is 246 g/mol. The van der Waals surface area contributed by atoms with Crippen molar-refractivity contribution in [1.29, 1.82) is 0 Å². The van der Waals surface area contributed by atoms with Crippen LogP contribution in [0.5, 0.6) is 0 Å². The van der Waals surface area contributed by atoms with Crippen LogP contribution in [0.3, 0.4) is 0 Å². The summed E-state index contributed by atoms with van der Waals surface area (Å²) < 4.78 is 0. The minimum absolute atomic E-state index is 0.590. The van der Waals surface area contributed by atoms with Crippen LogP contribution in [0, 0.1) is 5.41 Å². The Balaban J connectivity index is 2.36. The number of benzene rings is 1. The molecule has 0 spiro atoms. The van der Waals surface area contributed by atoms with Crippen molar-refractivity contribution in [3.8, 4) is 0 Å². The molecule has 0 amide bonds. The lowest BCUT2D eigenvalue weighted by atomic mass is 9.81. The maximum Gasteiger partial charge on any atom is 0.138 e. The minimum atomic E-state index is -1.22. The molecule has 0 bridgehead atoms. The van der Waals surface area contributed by atoms with Gasteiger partial charge in [0.15, 0.2) is 0 Å². The number of hydrogen-bond donors (Lipinski definition) is 0. The van der Waals surface area contributed by atoms with E-state index in [-0.39, 0.29) is 0 Å². The summed E-state index contributed by atoms with van der Waals surface area (Å²) in [5, 5.41) is -0.641. The van der Waals surface area contributed by atoms with Crippen LogP contribution in [-0.2, 0) is 9.59 Å². The van der Waals surface area contributed by atoms with Crippen molar-refractivity contribution < 1.29 is 9.59 Å². The third-order valence-electron chi connectivity index (χ3n) is 2.87. The van der Waals surface area contributed by atoms with Gasteiger partial charge in [-0.15, -0.1) is 11.6 Å². The van der Waals surface area contributed by atoms with E-state index in [4.69, 9.17) is 11.6 Å². The third-order valence-corrected chi connectivity index (χ3v) is 3.37. The quantitative estimate of drug-likeness (QED) is 0.467. The summed E-state index contributed by atoms with van der Waals surface area (Å²) in [6.07, 6.45) is 6.24. The first-order valence-corrected chi connectivity index (χ1v) is 5.69. The van der Waals surface area contributed by atoms with Gasteiger partial charge in [-0.05, 0) is 11.1 Å². The molecule has 17 heavy (non-hydrogen) atoms. The highest BCUT2D eigenvalue weighted by Crippen LogP contribution is 2.33. The first-order chi connectivity index (χ1) is 8.22. The average Bonchev–Trinajstić information content (AvgIpc) is 2.40. The molecule has 86 valence electrons. The second kappa shape index (κ2) is 4.68. The lowest BCUT2D eigenvalue weighted by molar-refractivity contribution is -0.123. The van der Waals surface area contributed by atoms with Crippen molar-refractivity contribution in [2.24, 2.45) is 5.41 Å². The lowest BCUT2D eigenvalue weighted by Crippen LogP contribution is -2.33. The first-order valence-electron chi connectivity index (χ1n) is 5.25. The Morgan fingerprint density at radius 3 is 2.29 bits per heavy atom. The fraction of sp³-hybridized carbons (Fsp3) is 0.143. The number of rotatable bonds is 3. The highest BCUT2D eigenvalue weighted by Gasteiger charge is 2.36. The molecular weight excluding hydrogens is 236 g/mol. The van der Waals surface area contributed by atoms with Crippen LogP contribution in [0.4, 0.5) is 0 Å². The van der Waals surface area contributed by atoms with E-state index in [0.29, 0.717) is 12.6 Å². The largest absolute Gasteiger partial charge is 0.302 e. The van der Waals surface area contributed by atoms with Crippen LogP contribution < -0.4 is 0 Å². The van der Waals surface area contributed by atoms with Crippen molar-refractivity contribution >= 4 is 29.7 Å². The van der Waals surface area contributed by atoms with Gasteiger partial charge in [-0.25, -0.2) is 0 Å². The number of alkyl halides is 1. The zero-order valence-corrected chi connectivity index (χ0v) is 9.80. The number of carbonyl (C=O) groups is 2. The van der Waals surface area contributed by atoms with Gasteiger partial charge in [0.2, 0.25) is 0 Å². The van der Waals surface area contributed by atoms with E-state index in [1.165, 1.54) is 0 Å². The van der Waals surface area contributed by atoms with Gasteiger partial charge >= 0.3 is 0 Å². The Hall–Kier alpha value is -1.67. The van der Waals surface area contributed by atoms with E-state index in [0.717, 1.165) is 11.1 Å². The van der Waals surface area contributed by atoms with Gasteiger partial charge in [0.25, 0.3) is 0 Å². The smallest absolute Gasteiger partial charge is 0.138 e. The second-order valence-electron chi connectivity index (χ2n) is 3.96. The maximum absolute atomic E-state index is 11.0. The Labute approximate surface area is 105 Å². The van der Waals surface area contributed by atoms with Crippen LogP contribution in [-0.4, -0.2) is 17.9 Å². The SMILES string of the molecule is O=CC1(C=O)C=CC(c2ccccc2)=CC1Cl. The predicted molar refractivity (Wildman–Crippen MR) is 67.8 cm³/mol. The number of halogens is 1. The van der Waals surface area contributed by atoms with Gasteiger partial charge in [0, 0.05) is 0 Å². The Kier molecular flexibility index (Phi) is 3.25. The average molecular weight is 247 g/mol. The van der Waals surface area contributed by atoms with Gasteiger partial charge < -0.3 is 9.59 Å². The molecule has 0 fully saturated rings. The van der Waals surface area contributed by atoms with Gasteiger partial charge in [-0.2, -0.15) is 0 Å². The highest BCUT2D eigenvalue weighted by atomic mass is 35.5. The predicted octanol–water partition coefficient (Wildman–Crippen LogP) is 2.63. The number of carbonyl (C=O) groups excluding carboxylic acids is 2. The summed E-state index contributed by atoms with van der Waals surface area (Å²) in [7, 11) is 0. The van der Waals surface area contributed by atoms with Crippen molar-refractivity contribution in [3.63, 3.8) is 0 Å². The Morgan fingerprint density at radius 2 is 1.76 bits per heavy atom. The molecule has 1 aliphatic carbocycles. The molecule has 0 N–H and O–H groups in total. The third kappa shape index (κ3) is 2.08. The normalized spacial score (nSPS) is 21.7. The molecule has 2 rings (SSSR count). The van der Waals surface area contributed by atoms with Crippen LogP contribution in [0.2, 0.25) is 0 Å². The summed E-state index contributed by atoms with van der Waals surface area (Å²) in [4.78, 5) is 21.9. The summed E-state index contributed by atoms with van der Waals surface area (Å²) in [5.41, 5.74) is 0.713. The molecule has 0 aliphatic heterocycles. The molecule has 1 aromatic carbocycles.